The van der Waals surface area contributed by atoms with Crippen molar-refractivity contribution in [3.05, 3.63) is 41.3 Å². The van der Waals surface area contributed by atoms with Gasteiger partial charge in [-0.25, -0.2) is 18.0 Å². The Balaban J connectivity index is 0.000000532. The summed E-state index contributed by atoms with van der Waals surface area (Å²) < 4.78 is 64.8. The molecule has 0 saturated carbocycles. The Hall–Kier alpha value is -2.88. The predicted octanol–water partition coefficient (Wildman–Crippen LogP) is 3.82. The van der Waals surface area contributed by atoms with E-state index < -0.39 is 28.1 Å². The Morgan fingerprint density at radius 3 is 2.26 bits per heavy atom. The lowest BCUT2D eigenvalue weighted by atomic mass is 9.92. The fourth-order valence-electron chi connectivity index (χ4n) is 4.32. The highest BCUT2D eigenvalue weighted by Gasteiger charge is 2.38. The molecule has 0 radical (unpaired) electrons. The fourth-order valence-corrected chi connectivity index (χ4v) is 6.36. The zero-order valence-corrected chi connectivity index (χ0v) is 22.5. The number of hydrogen-bond donors (Lipinski definition) is 3. The van der Waals surface area contributed by atoms with Gasteiger partial charge in [-0.3, -0.25) is 9.62 Å². The third kappa shape index (κ3) is 9.08. The highest BCUT2D eigenvalue weighted by Crippen LogP contribution is 2.31. The number of morpholine rings is 1. The second-order valence-electron chi connectivity index (χ2n) is 9.05. The summed E-state index contributed by atoms with van der Waals surface area (Å²) in [5, 5.41) is 18.6. The number of sulfonamides is 1. The Bertz CT molecular complexity index is 1210. The number of piperidine rings is 1. The first-order valence-corrected chi connectivity index (χ1v) is 14.5. The second-order valence-corrected chi connectivity index (χ2v) is 11.9. The number of carbonyl (C=O) groups is 2. The summed E-state index contributed by atoms with van der Waals surface area (Å²) in [4.78, 5) is 25.4. The topological polar surface area (TPSA) is 136 Å². The highest BCUT2D eigenvalue weighted by molar-refractivity contribution is 7.94. The summed E-state index contributed by atoms with van der Waals surface area (Å²) in [7, 11) is -3.72. The van der Waals surface area contributed by atoms with Gasteiger partial charge < -0.3 is 19.8 Å². The number of hydrogen-bond acceptors (Lipinski definition) is 8. The molecule has 39 heavy (non-hydrogen) atoms. The lowest BCUT2D eigenvalue weighted by Crippen LogP contribution is -2.39. The van der Waals surface area contributed by atoms with E-state index in [9.17, 15) is 31.5 Å². The third-order valence-electron chi connectivity index (χ3n) is 6.39. The van der Waals surface area contributed by atoms with Crippen molar-refractivity contribution in [1.29, 1.82) is 0 Å². The van der Waals surface area contributed by atoms with Crippen LogP contribution in [0.25, 0.3) is 0 Å². The molecule has 15 heteroatoms. The molecule has 2 aliphatic rings. The maximum Gasteiger partial charge on any atom is 0.490 e. The van der Waals surface area contributed by atoms with E-state index in [1.807, 2.05) is 0 Å². The minimum atomic E-state index is -5.08. The molecule has 1 aromatic carbocycles. The number of carboxylic acids is 2. The maximum atomic E-state index is 12.5. The van der Waals surface area contributed by atoms with E-state index in [0.29, 0.717) is 11.6 Å². The summed E-state index contributed by atoms with van der Waals surface area (Å²) in [5.74, 6) is -3.18. The van der Waals surface area contributed by atoms with E-state index in [-0.39, 0.29) is 15.5 Å². The van der Waals surface area contributed by atoms with Gasteiger partial charge in [0.25, 0.3) is 10.0 Å². The molecule has 216 valence electrons. The van der Waals surface area contributed by atoms with Crippen molar-refractivity contribution < 1.29 is 46.1 Å². The van der Waals surface area contributed by atoms with E-state index in [4.69, 9.17) is 14.6 Å². The third-order valence-corrected chi connectivity index (χ3v) is 9.17. The van der Waals surface area contributed by atoms with Gasteiger partial charge in [0.15, 0.2) is 0 Å². The number of anilines is 2. The smallest absolute Gasteiger partial charge is 0.478 e. The van der Waals surface area contributed by atoms with Crippen LogP contribution in [0.2, 0.25) is 0 Å². The van der Waals surface area contributed by atoms with E-state index in [2.05, 4.69) is 14.5 Å². The van der Waals surface area contributed by atoms with Gasteiger partial charge in [-0.05, 0) is 61.4 Å². The first kappa shape index (κ1) is 30.7. The quantitative estimate of drug-likeness (QED) is 0.417. The van der Waals surface area contributed by atoms with Crippen LogP contribution in [0, 0.1) is 5.92 Å². The lowest BCUT2D eigenvalue weighted by Gasteiger charge is -2.35. The average molecular weight is 594 g/mol. The summed E-state index contributed by atoms with van der Waals surface area (Å²) in [5.41, 5.74) is 1.01. The number of nitrogens with one attached hydrogen (secondary N) is 1. The number of alkyl halides is 3. The molecule has 2 fully saturated rings. The second kappa shape index (κ2) is 13.5. The van der Waals surface area contributed by atoms with Gasteiger partial charge in [-0.15, -0.1) is 11.3 Å². The number of aliphatic carboxylic acids is 1. The van der Waals surface area contributed by atoms with Crippen LogP contribution in [0.5, 0.6) is 0 Å². The lowest BCUT2D eigenvalue weighted by molar-refractivity contribution is -0.192. The van der Waals surface area contributed by atoms with Gasteiger partial charge in [0.1, 0.15) is 4.21 Å². The zero-order valence-electron chi connectivity index (χ0n) is 20.9. The molecule has 3 heterocycles. The zero-order chi connectivity index (χ0) is 28.6. The van der Waals surface area contributed by atoms with Crippen molar-refractivity contribution in [3.8, 4) is 0 Å². The van der Waals surface area contributed by atoms with Crippen molar-refractivity contribution in [2.75, 3.05) is 55.6 Å². The highest BCUT2D eigenvalue weighted by atomic mass is 32.2. The average Bonchev–Trinajstić information content (AvgIpc) is 3.44. The minimum absolute atomic E-state index is 0.114. The van der Waals surface area contributed by atoms with Crippen LogP contribution in [-0.4, -0.2) is 87.6 Å². The molecule has 10 nitrogen and oxygen atoms in total. The molecule has 2 aromatic rings. The minimum Gasteiger partial charge on any atom is -0.478 e. The molecule has 0 atom stereocenters. The molecule has 0 unspecified atom stereocenters. The van der Waals surface area contributed by atoms with Gasteiger partial charge in [0, 0.05) is 31.9 Å². The van der Waals surface area contributed by atoms with Crippen LogP contribution in [0.15, 0.2) is 39.9 Å². The van der Waals surface area contributed by atoms with Crippen LogP contribution in [-0.2, 0) is 19.6 Å². The normalized spacial score (nSPS) is 17.3. The molecule has 0 amide bonds. The van der Waals surface area contributed by atoms with Crippen LogP contribution >= 0.6 is 11.3 Å². The molecule has 0 spiro atoms. The number of rotatable bonds is 8. The van der Waals surface area contributed by atoms with E-state index in [0.717, 1.165) is 76.5 Å². The Morgan fingerprint density at radius 2 is 1.72 bits per heavy atom. The van der Waals surface area contributed by atoms with Gasteiger partial charge in [0.05, 0.1) is 24.5 Å². The maximum absolute atomic E-state index is 12.5. The summed E-state index contributed by atoms with van der Waals surface area (Å²) in [6, 6.07) is 7.94. The van der Waals surface area contributed by atoms with Gasteiger partial charge in [0.2, 0.25) is 0 Å². The predicted molar refractivity (Wildman–Crippen MR) is 139 cm³/mol. The van der Waals surface area contributed by atoms with Gasteiger partial charge >= 0.3 is 18.1 Å². The van der Waals surface area contributed by atoms with Gasteiger partial charge in [-0.1, -0.05) is 6.07 Å². The number of thiophene rings is 1. The van der Waals surface area contributed by atoms with Crippen LogP contribution < -0.4 is 9.62 Å². The van der Waals surface area contributed by atoms with Crippen molar-refractivity contribution in [1.82, 2.24) is 4.90 Å². The molecular formula is C24H30F3N3O7S2. The van der Waals surface area contributed by atoms with E-state index >= 15 is 0 Å². The van der Waals surface area contributed by atoms with Crippen molar-refractivity contribution in [2.24, 2.45) is 5.92 Å². The summed E-state index contributed by atoms with van der Waals surface area (Å²) in [6.45, 7) is 6.33. The Kier molecular flexibility index (Phi) is 10.6. The van der Waals surface area contributed by atoms with Gasteiger partial charge in [-0.2, -0.15) is 13.2 Å². The largest absolute Gasteiger partial charge is 0.490 e. The number of ether oxygens (including phenoxy) is 1. The molecule has 2 aliphatic heterocycles. The van der Waals surface area contributed by atoms with E-state index in [1.54, 1.807) is 23.6 Å². The molecule has 0 bridgehead atoms. The molecule has 4 rings (SSSR count). The Labute approximate surface area is 228 Å². The fraction of sp³-hybridized carbons (Fsp3) is 0.500. The summed E-state index contributed by atoms with van der Waals surface area (Å²) >= 11 is 1.11. The number of aromatic carboxylic acids is 1. The van der Waals surface area contributed by atoms with Crippen molar-refractivity contribution >= 4 is 44.7 Å². The molecule has 3 N–H and O–H groups in total. The number of benzene rings is 1. The summed E-state index contributed by atoms with van der Waals surface area (Å²) in [6.07, 6.45) is -1.88. The number of halogens is 3. The SMILES string of the molecule is O=C(O)C(F)(F)F.O=C(O)c1cc(NS(=O)(=O)c2cccs2)ccc1N1CCC(CCN2CCOCC2)CC1. The first-order valence-electron chi connectivity index (χ1n) is 12.2. The molecule has 2 saturated heterocycles. The van der Waals surface area contributed by atoms with E-state index in [1.165, 1.54) is 12.1 Å². The van der Waals surface area contributed by atoms with Crippen molar-refractivity contribution in [3.63, 3.8) is 0 Å². The standard InChI is InChI=1S/C22H29N3O5S2.C2HF3O2/c26-22(27)19-16-18(23-32(28,29)21-2-1-15-31-21)3-4-20(19)25-9-6-17(7-10-25)5-8-24-11-13-30-14-12-24;3-2(4,5)1(6)7/h1-4,15-17,23H,5-14H2,(H,26,27);(H,6,7). The van der Waals surface area contributed by atoms with Crippen molar-refractivity contribution in [2.45, 2.75) is 29.6 Å². The first-order chi connectivity index (χ1) is 18.4. The molecular weight excluding hydrogens is 563 g/mol. The van der Waals surface area contributed by atoms with Crippen LogP contribution in [0.4, 0.5) is 24.5 Å². The number of nitrogens with zero attached hydrogens (tertiary/aromatic N) is 2. The molecule has 0 aliphatic carbocycles. The Morgan fingerprint density at radius 1 is 1.08 bits per heavy atom. The van der Waals surface area contributed by atoms with Crippen LogP contribution in [0.1, 0.15) is 29.6 Å². The number of carboxylic acid groups (broad SMARTS) is 2. The van der Waals surface area contributed by atoms with Crippen LogP contribution in [0.3, 0.4) is 0 Å². The molecule has 1 aromatic heterocycles. The monoisotopic (exact) mass is 593 g/mol.